The third kappa shape index (κ3) is 1.53. The molecule has 0 spiro atoms. The molecule has 0 fully saturated rings. The minimum Gasteiger partial charge on any atom is -0.357 e. The van der Waals surface area contributed by atoms with Gasteiger partial charge < -0.3 is 10.7 Å². The first-order chi connectivity index (χ1) is 7.65. The van der Waals surface area contributed by atoms with E-state index in [0.29, 0.717) is 10.0 Å². The number of fused-ring (bicyclic) bond motifs is 3. The number of halogens is 2. The monoisotopic (exact) mass is 254 g/mol. The molecule has 0 radical (unpaired) electrons. The molecule has 84 valence electrons. The number of nitrogens with one attached hydrogen (secondary N) is 1. The summed E-state index contributed by atoms with van der Waals surface area (Å²) in [4.78, 5) is 3.39. The molecule has 0 bridgehead atoms. The molecular weight excluding hydrogens is 243 g/mol. The molecular formula is C12H12Cl2N2. The Kier molecular flexibility index (Phi) is 2.39. The van der Waals surface area contributed by atoms with Crippen molar-refractivity contribution < 1.29 is 0 Å². The highest BCUT2D eigenvalue weighted by Crippen LogP contribution is 2.34. The summed E-state index contributed by atoms with van der Waals surface area (Å²) in [5.41, 5.74) is 9.54. The molecule has 2 nitrogen and oxygen atoms in total. The lowest BCUT2D eigenvalue weighted by Gasteiger charge is -2.18. The van der Waals surface area contributed by atoms with E-state index in [1.54, 1.807) is 6.07 Å². The maximum atomic E-state index is 6.17. The lowest BCUT2D eigenvalue weighted by atomic mass is 9.92. The third-order valence-electron chi connectivity index (χ3n) is 3.25. The number of hydrogen-bond acceptors (Lipinski definition) is 1. The van der Waals surface area contributed by atoms with E-state index < -0.39 is 0 Å². The average molecular weight is 255 g/mol. The second-order valence-electron chi connectivity index (χ2n) is 4.40. The summed E-state index contributed by atoms with van der Waals surface area (Å²) in [7, 11) is 0. The molecule has 4 heteroatoms. The number of aromatic nitrogens is 1. The molecule has 1 aromatic carbocycles. The van der Waals surface area contributed by atoms with Crippen molar-refractivity contribution in [2.45, 2.75) is 25.3 Å². The number of aromatic amines is 1. The first kappa shape index (κ1) is 10.5. The van der Waals surface area contributed by atoms with Crippen LogP contribution in [0.2, 0.25) is 10.0 Å². The fraction of sp³-hybridized carbons (Fsp3) is 0.333. The molecule has 1 heterocycles. The number of benzene rings is 1. The van der Waals surface area contributed by atoms with E-state index in [1.807, 2.05) is 6.07 Å². The van der Waals surface area contributed by atoms with Crippen LogP contribution in [0, 0.1) is 0 Å². The van der Waals surface area contributed by atoms with Gasteiger partial charge in [0.1, 0.15) is 0 Å². The van der Waals surface area contributed by atoms with Gasteiger partial charge in [-0.15, -0.1) is 0 Å². The van der Waals surface area contributed by atoms with Crippen molar-refractivity contribution in [3.05, 3.63) is 33.4 Å². The largest absolute Gasteiger partial charge is 0.357 e. The Labute approximate surface area is 104 Å². The van der Waals surface area contributed by atoms with E-state index >= 15 is 0 Å². The zero-order valence-electron chi connectivity index (χ0n) is 8.69. The SMILES string of the molecule is NC1CCc2[nH]c3c(Cl)cc(Cl)cc3c2C1. The zero-order chi connectivity index (χ0) is 11.3. The highest BCUT2D eigenvalue weighted by Gasteiger charge is 2.21. The van der Waals surface area contributed by atoms with Crippen LogP contribution in [0.3, 0.4) is 0 Å². The summed E-state index contributed by atoms with van der Waals surface area (Å²) in [6, 6.07) is 3.99. The van der Waals surface area contributed by atoms with E-state index in [9.17, 15) is 0 Å². The lowest BCUT2D eigenvalue weighted by molar-refractivity contribution is 0.574. The molecule has 1 aliphatic rings. The van der Waals surface area contributed by atoms with Crippen LogP contribution < -0.4 is 5.73 Å². The van der Waals surface area contributed by atoms with Gasteiger partial charge in [0, 0.05) is 22.1 Å². The Morgan fingerprint density at radius 2 is 2.12 bits per heavy atom. The van der Waals surface area contributed by atoms with Gasteiger partial charge in [0.15, 0.2) is 0 Å². The molecule has 1 unspecified atom stereocenters. The highest BCUT2D eigenvalue weighted by atomic mass is 35.5. The van der Waals surface area contributed by atoms with E-state index in [4.69, 9.17) is 28.9 Å². The van der Waals surface area contributed by atoms with Gasteiger partial charge in [-0.2, -0.15) is 0 Å². The van der Waals surface area contributed by atoms with Crippen LogP contribution in [-0.4, -0.2) is 11.0 Å². The van der Waals surface area contributed by atoms with Gasteiger partial charge in [0.2, 0.25) is 0 Å². The number of nitrogens with two attached hydrogens (primary N) is 1. The Morgan fingerprint density at radius 1 is 1.31 bits per heavy atom. The number of H-pyrrole nitrogens is 1. The smallest absolute Gasteiger partial charge is 0.0662 e. The number of rotatable bonds is 0. The topological polar surface area (TPSA) is 41.8 Å². The standard InChI is InChI=1S/C12H12Cl2N2/c13-6-3-9-8-5-7(15)1-2-11(8)16-12(9)10(14)4-6/h3-4,7,16H,1-2,5,15H2. The van der Waals surface area contributed by atoms with E-state index in [2.05, 4.69) is 4.98 Å². The van der Waals surface area contributed by atoms with E-state index in [0.717, 1.165) is 30.2 Å². The summed E-state index contributed by atoms with van der Waals surface area (Å²) in [5.74, 6) is 0. The van der Waals surface area contributed by atoms with Gasteiger partial charge in [-0.05, 0) is 37.0 Å². The molecule has 0 aliphatic heterocycles. The fourth-order valence-electron chi connectivity index (χ4n) is 2.47. The summed E-state index contributed by atoms with van der Waals surface area (Å²) in [6.07, 6.45) is 2.94. The van der Waals surface area contributed by atoms with Gasteiger partial charge in [0.05, 0.1) is 10.5 Å². The van der Waals surface area contributed by atoms with Crippen LogP contribution in [0.15, 0.2) is 12.1 Å². The Bertz CT molecular complexity index is 560. The molecule has 1 atom stereocenters. The predicted octanol–water partition coefficient (Wildman–Crippen LogP) is 3.29. The third-order valence-corrected chi connectivity index (χ3v) is 3.77. The van der Waals surface area contributed by atoms with Gasteiger partial charge in [-0.25, -0.2) is 0 Å². The van der Waals surface area contributed by atoms with Crippen molar-refractivity contribution in [1.29, 1.82) is 0 Å². The van der Waals surface area contributed by atoms with Crippen molar-refractivity contribution in [1.82, 2.24) is 4.98 Å². The van der Waals surface area contributed by atoms with Crippen molar-refractivity contribution >= 4 is 34.1 Å². The second-order valence-corrected chi connectivity index (χ2v) is 5.24. The molecule has 0 amide bonds. The first-order valence-corrected chi connectivity index (χ1v) is 6.15. The predicted molar refractivity (Wildman–Crippen MR) is 68.3 cm³/mol. The molecule has 3 N–H and O–H groups in total. The van der Waals surface area contributed by atoms with Crippen molar-refractivity contribution in [2.75, 3.05) is 0 Å². The quantitative estimate of drug-likeness (QED) is 0.745. The Morgan fingerprint density at radius 3 is 2.94 bits per heavy atom. The molecule has 2 aromatic rings. The summed E-state index contributed by atoms with van der Waals surface area (Å²) >= 11 is 12.2. The highest BCUT2D eigenvalue weighted by molar-refractivity contribution is 6.38. The number of hydrogen-bond donors (Lipinski definition) is 2. The normalized spacial score (nSPS) is 20.1. The van der Waals surface area contributed by atoms with Crippen molar-refractivity contribution in [2.24, 2.45) is 5.73 Å². The van der Waals surface area contributed by atoms with Gasteiger partial charge in [-0.1, -0.05) is 23.2 Å². The first-order valence-electron chi connectivity index (χ1n) is 5.39. The number of aryl methyl sites for hydroxylation is 1. The van der Waals surface area contributed by atoms with Crippen LogP contribution in [0.4, 0.5) is 0 Å². The maximum Gasteiger partial charge on any atom is 0.0662 e. The van der Waals surface area contributed by atoms with Crippen LogP contribution in [0.1, 0.15) is 17.7 Å². The Balaban J connectivity index is 2.30. The van der Waals surface area contributed by atoms with Gasteiger partial charge >= 0.3 is 0 Å². The average Bonchev–Trinajstić information content (AvgIpc) is 2.57. The van der Waals surface area contributed by atoms with E-state index in [1.165, 1.54) is 11.3 Å². The van der Waals surface area contributed by atoms with Crippen LogP contribution in [0.5, 0.6) is 0 Å². The molecule has 3 rings (SSSR count). The van der Waals surface area contributed by atoms with Gasteiger partial charge in [-0.3, -0.25) is 0 Å². The van der Waals surface area contributed by atoms with E-state index in [-0.39, 0.29) is 6.04 Å². The molecule has 0 saturated carbocycles. The van der Waals surface area contributed by atoms with Crippen molar-refractivity contribution in [3.8, 4) is 0 Å². The fourth-order valence-corrected chi connectivity index (χ4v) is 3.01. The minimum absolute atomic E-state index is 0.254. The van der Waals surface area contributed by atoms with Crippen LogP contribution in [-0.2, 0) is 12.8 Å². The summed E-state index contributed by atoms with van der Waals surface area (Å²) < 4.78 is 0. The minimum atomic E-state index is 0.254. The molecule has 1 aromatic heterocycles. The van der Waals surface area contributed by atoms with Crippen LogP contribution in [0.25, 0.3) is 10.9 Å². The lowest BCUT2D eigenvalue weighted by Crippen LogP contribution is -2.27. The van der Waals surface area contributed by atoms with Gasteiger partial charge in [0.25, 0.3) is 0 Å². The molecule has 16 heavy (non-hydrogen) atoms. The van der Waals surface area contributed by atoms with Crippen LogP contribution >= 0.6 is 23.2 Å². The summed E-state index contributed by atoms with van der Waals surface area (Å²) in [6.45, 7) is 0. The maximum absolute atomic E-state index is 6.17. The van der Waals surface area contributed by atoms with Crippen molar-refractivity contribution in [3.63, 3.8) is 0 Å². The Hall–Kier alpha value is -0.700. The molecule has 1 aliphatic carbocycles. The molecule has 0 saturated heterocycles. The second kappa shape index (κ2) is 3.66. The zero-order valence-corrected chi connectivity index (χ0v) is 10.2. The summed E-state index contributed by atoms with van der Waals surface area (Å²) in [5, 5.41) is 2.49.